The lowest BCUT2D eigenvalue weighted by molar-refractivity contribution is 0.0378. The van der Waals surface area contributed by atoms with Crippen LogP contribution in [0.3, 0.4) is 0 Å². The molecule has 0 unspecified atom stereocenters. The number of ether oxygens (including phenoxy) is 1. The van der Waals surface area contributed by atoms with Gasteiger partial charge in [0, 0.05) is 17.7 Å². The van der Waals surface area contributed by atoms with E-state index in [4.69, 9.17) is 4.74 Å². The number of amides is 2. The smallest absolute Gasteiger partial charge is 0.325 e. The van der Waals surface area contributed by atoms with Gasteiger partial charge in [0.1, 0.15) is 5.75 Å². The van der Waals surface area contributed by atoms with Crippen LogP contribution >= 0.6 is 0 Å². The van der Waals surface area contributed by atoms with E-state index in [0.29, 0.717) is 0 Å². The second kappa shape index (κ2) is 5.00. The van der Waals surface area contributed by atoms with Crippen molar-refractivity contribution >= 4 is 11.7 Å². The fourth-order valence-corrected chi connectivity index (χ4v) is 3.75. The maximum atomic E-state index is 12.8. The summed E-state index contributed by atoms with van der Waals surface area (Å²) < 4.78 is 6.32. The van der Waals surface area contributed by atoms with Crippen LogP contribution in [0.2, 0.25) is 0 Å². The molecule has 2 amide bonds. The predicted octanol–water partition coefficient (Wildman–Crippen LogP) is 4.38. The van der Waals surface area contributed by atoms with Crippen LogP contribution in [-0.2, 0) is 0 Å². The number of benzene rings is 2. The molecule has 2 bridgehead atoms. The Labute approximate surface area is 142 Å². The SMILES string of the molecule is Cc1ccc2c(c1)[C@@H]1C[C@](C)(O2)N(c2ccc(C)c(C)c2)C(=O)N1. The zero-order valence-corrected chi connectivity index (χ0v) is 14.5. The molecule has 1 fully saturated rings. The van der Waals surface area contributed by atoms with Crippen LogP contribution in [-0.4, -0.2) is 11.8 Å². The van der Waals surface area contributed by atoms with Gasteiger partial charge in [0.25, 0.3) is 0 Å². The molecule has 24 heavy (non-hydrogen) atoms. The summed E-state index contributed by atoms with van der Waals surface area (Å²) in [7, 11) is 0. The van der Waals surface area contributed by atoms with Gasteiger partial charge in [-0.25, -0.2) is 4.79 Å². The van der Waals surface area contributed by atoms with E-state index >= 15 is 0 Å². The second-order valence-electron chi connectivity index (χ2n) is 7.13. The van der Waals surface area contributed by atoms with E-state index in [9.17, 15) is 4.79 Å². The van der Waals surface area contributed by atoms with Crippen LogP contribution in [0.5, 0.6) is 5.75 Å². The van der Waals surface area contributed by atoms with Crippen molar-refractivity contribution in [2.75, 3.05) is 4.90 Å². The number of nitrogens with zero attached hydrogens (tertiary/aromatic N) is 1. The summed E-state index contributed by atoms with van der Waals surface area (Å²) >= 11 is 0. The zero-order valence-electron chi connectivity index (χ0n) is 14.5. The van der Waals surface area contributed by atoms with Crippen LogP contribution in [0, 0.1) is 20.8 Å². The quantitative estimate of drug-likeness (QED) is 0.846. The van der Waals surface area contributed by atoms with E-state index in [2.05, 4.69) is 38.2 Å². The molecular formula is C20H22N2O2. The highest BCUT2D eigenvalue weighted by atomic mass is 16.5. The van der Waals surface area contributed by atoms with Crippen molar-refractivity contribution in [2.24, 2.45) is 0 Å². The van der Waals surface area contributed by atoms with Gasteiger partial charge >= 0.3 is 6.03 Å². The maximum Gasteiger partial charge on any atom is 0.325 e. The minimum atomic E-state index is -0.684. The summed E-state index contributed by atoms with van der Waals surface area (Å²) in [6.45, 7) is 8.19. The van der Waals surface area contributed by atoms with Gasteiger partial charge in [-0.1, -0.05) is 23.8 Å². The first-order valence-corrected chi connectivity index (χ1v) is 8.35. The molecule has 1 saturated heterocycles. The monoisotopic (exact) mass is 322 g/mol. The summed E-state index contributed by atoms with van der Waals surface area (Å²) in [5, 5.41) is 3.15. The first kappa shape index (κ1) is 15.1. The molecule has 4 rings (SSSR count). The van der Waals surface area contributed by atoms with Crippen molar-refractivity contribution in [1.82, 2.24) is 5.32 Å². The standard InChI is InChI=1S/C20H22N2O2/c1-12-5-8-18-16(9-12)17-11-20(4,24-18)22(19(23)21-17)15-7-6-13(2)14(3)10-15/h5-10,17H,11H2,1-4H3,(H,21,23)/t17-,20-/m0/s1. The molecule has 0 aliphatic carbocycles. The van der Waals surface area contributed by atoms with Gasteiger partial charge in [-0.3, -0.25) is 4.90 Å². The Morgan fingerprint density at radius 2 is 1.92 bits per heavy atom. The van der Waals surface area contributed by atoms with Gasteiger partial charge in [0.15, 0.2) is 5.72 Å². The molecule has 2 aliphatic rings. The van der Waals surface area contributed by atoms with Crippen LogP contribution in [0.25, 0.3) is 0 Å². The van der Waals surface area contributed by atoms with Crippen LogP contribution < -0.4 is 15.0 Å². The molecule has 124 valence electrons. The van der Waals surface area contributed by atoms with Crippen LogP contribution in [0.15, 0.2) is 36.4 Å². The number of urea groups is 1. The second-order valence-corrected chi connectivity index (χ2v) is 7.13. The first-order valence-electron chi connectivity index (χ1n) is 8.35. The highest BCUT2D eigenvalue weighted by Crippen LogP contribution is 2.45. The van der Waals surface area contributed by atoms with Gasteiger partial charge in [0.05, 0.1) is 6.04 Å². The fourth-order valence-electron chi connectivity index (χ4n) is 3.75. The Hall–Kier alpha value is -2.49. The normalized spacial score (nSPS) is 24.9. The van der Waals surface area contributed by atoms with Gasteiger partial charge in [-0.2, -0.15) is 0 Å². The third-order valence-electron chi connectivity index (χ3n) is 5.18. The van der Waals surface area contributed by atoms with E-state index in [-0.39, 0.29) is 12.1 Å². The summed E-state index contributed by atoms with van der Waals surface area (Å²) in [4.78, 5) is 14.6. The van der Waals surface area contributed by atoms with Gasteiger partial charge in [-0.05, 0) is 57.0 Å². The summed E-state index contributed by atoms with van der Waals surface area (Å²) in [5.74, 6) is 0.855. The molecule has 0 radical (unpaired) electrons. The van der Waals surface area contributed by atoms with E-state index in [0.717, 1.165) is 29.0 Å². The zero-order chi connectivity index (χ0) is 17.1. The third-order valence-corrected chi connectivity index (χ3v) is 5.18. The number of nitrogens with one attached hydrogen (secondary N) is 1. The Balaban J connectivity index is 1.80. The molecule has 2 aliphatic heterocycles. The average molecular weight is 322 g/mol. The van der Waals surface area contributed by atoms with E-state index in [1.165, 1.54) is 11.1 Å². The Morgan fingerprint density at radius 1 is 1.12 bits per heavy atom. The predicted molar refractivity (Wildman–Crippen MR) is 94.5 cm³/mol. The number of hydrogen-bond acceptors (Lipinski definition) is 2. The number of hydrogen-bond donors (Lipinski definition) is 1. The highest BCUT2D eigenvalue weighted by molar-refractivity contribution is 5.95. The minimum Gasteiger partial charge on any atom is -0.467 e. The lowest BCUT2D eigenvalue weighted by Gasteiger charge is -2.50. The lowest BCUT2D eigenvalue weighted by atomic mass is 9.89. The maximum absolute atomic E-state index is 12.8. The van der Waals surface area contributed by atoms with E-state index < -0.39 is 5.72 Å². The van der Waals surface area contributed by atoms with Crippen molar-refractivity contribution < 1.29 is 9.53 Å². The van der Waals surface area contributed by atoms with Gasteiger partial charge in [0.2, 0.25) is 0 Å². The Bertz CT molecular complexity index is 846. The minimum absolute atomic E-state index is 0.00561. The highest BCUT2D eigenvalue weighted by Gasteiger charge is 2.49. The molecule has 2 heterocycles. The van der Waals surface area contributed by atoms with Crippen LogP contribution in [0.4, 0.5) is 10.5 Å². The van der Waals surface area contributed by atoms with Crippen molar-refractivity contribution in [2.45, 2.75) is 45.9 Å². The van der Waals surface area contributed by atoms with Gasteiger partial charge in [-0.15, -0.1) is 0 Å². The topological polar surface area (TPSA) is 41.6 Å². The van der Waals surface area contributed by atoms with E-state index in [1.54, 1.807) is 4.90 Å². The number of rotatable bonds is 1. The number of anilines is 1. The first-order chi connectivity index (χ1) is 11.4. The number of carbonyl (C=O) groups is 1. The Kier molecular flexibility index (Phi) is 3.14. The number of aryl methyl sites for hydroxylation is 3. The number of carbonyl (C=O) groups excluding carboxylic acids is 1. The molecule has 1 N–H and O–H groups in total. The van der Waals surface area contributed by atoms with Crippen molar-refractivity contribution in [3.8, 4) is 5.75 Å². The molecule has 2 atom stereocenters. The summed E-state index contributed by atoms with van der Waals surface area (Å²) in [6, 6.07) is 12.1. The van der Waals surface area contributed by atoms with Crippen molar-refractivity contribution in [1.29, 1.82) is 0 Å². The molecule has 2 aromatic carbocycles. The molecular weight excluding hydrogens is 300 g/mol. The fraction of sp³-hybridized carbons (Fsp3) is 0.350. The largest absolute Gasteiger partial charge is 0.467 e. The molecule has 0 saturated carbocycles. The van der Waals surface area contributed by atoms with Crippen LogP contribution in [0.1, 0.15) is 41.6 Å². The van der Waals surface area contributed by atoms with Gasteiger partial charge < -0.3 is 10.1 Å². The molecule has 2 aromatic rings. The molecule has 4 heteroatoms. The molecule has 4 nitrogen and oxygen atoms in total. The third kappa shape index (κ3) is 2.17. The van der Waals surface area contributed by atoms with Crippen molar-refractivity contribution in [3.05, 3.63) is 58.7 Å². The summed E-state index contributed by atoms with van der Waals surface area (Å²) in [5.41, 5.74) is 4.80. The Morgan fingerprint density at radius 3 is 2.67 bits per heavy atom. The van der Waals surface area contributed by atoms with E-state index in [1.807, 2.05) is 31.2 Å². The summed E-state index contributed by atoms with van der Waals surface area (Å²) in [6.07, 6.45) is 0.724. The lowest BCUT2D eigenvalue weighted by Crippen LogP contribution is -2.65. The molecule has 0 aromatic heterocycles. The average Bonchev–Trinajstić information content (AvgIpc) is 2.51. The number of fused-ring (bicyclic) bond motifs is 4. The molecule has 0 spiro atoms. The van der Waals surface area contributed by atoms with Crippen molar-refractivity contribution in [3.63, 3.8) is 0 Å².